The number of carboxylic acids is 1. The van der Waals surface area contributed by atoms with Gasteiger partial charge in [-0.05, 0) is 32.1 Å². The van der Waals surface area contributed by atoms with Crippen LogP contribution in [-0.4, -0.2) is 60.5 Å². The van der Waals surface area contributed by atoms with E-state index in [9.17, 15) is 22.8 Å². The van der Waals surface area contributed by atoms with E-state index in [4.69, 9.17) is 9.84 Å². The summed E-state index contributed by atoms with van der Waals surface area (Å²) in [7, 11) is 0. The number of carbonyl (C=O) groups excluding carboxylic acids is 1. The molecule has 2 heterocycles. The summed E-state index contributed by atoms with van der Waals surface area (Å²) in [5.41, 5.74) is 0. The molecule has 0 radical (unpaired) electrons. The molecule has 0 spiro atoms. The topological polar surface area (TPSA) is 78.9 Å². The maximum absolute atomic E-state index is 12.9. The highest BCUT2D eigenvalue weighted by atomic mass is 19.4. The number of hydrogen-bond donors (Lipinski definition) is 2. The second-order valence-corrected chi connectivity index (χ2v) is 6.59. The predicted octanol–water partition coefficient (Wildman–Crippen LogP) is 2.10. The van der Waals surface area contributed by atoms with Crippen LogP contribution in [0.15, 0.2) is 0 Å². The zero-order valence-electron chi connectivity index (χ0n) is 13.5. The molecule has 2 aliphatic heterocycles. The number of nitrogens with zero attached hydrogens (tertiary/aromatic N) is 1. The number of likely N-dealkylation sites (tertiary alicyclic amines) is 1. The Bertz CT molecular complexity index is 472. The quantitative estimate of drug-likeness (QED) is 0.812. The molecule has 2 fully saturated rings. The Balaban J connectivity index is 1.81. The highest BCUT2D eigenvalue weighted by Gasteiger charge is 2.53. The third kappa shape index (κ3) is 4.75. The molecular formula is C15H23F3N2O4. The second kappa shape index (κ2) is 7.58. The predicted molar refractivity (Wildman–Crippen MR) is 78.4 cm³/mol. The van der Waals surface area contributed by atoms with Gasteiger partial charge in [-0.1, -0.05) is 0 Å². The van der Waals surface area contributed by atoms with Crippen LogP contribution in [0.2, 0.25) is 0 Å². The highest BCUT2D eigenvalue weighted by Crippen LogP contribution is 2.37. The first-order chi connectivity index (χ1) is 11.2. The minimum absolute atomic E-state index is 0.182. The third-order valence-electron chi connectivity index (χ3n) is 4.77. The summed E-state index contributed by atoms with van der Waals surface area (Å²) in [5.74, 6) is -4.73. The first-order valence-corrected chi connectivity index (χ1v) is 8.12. The molecule has 0 saturated carbocycles. The highest BCUT2D eigenvalue weighted by molar-refractivity contribution is 5.77. The van der Waals surface area contributed by atoms with Gasteiger partial charge in [0.15, 0.2) is 0 Å². The average molecular weight is 352 g/mol. The Morgan fingerprint density at radius 1 is 1.33 bits per heavy atom. The van der Waals surface area contributed by atoms with E-state index in [0.29, 0.717) is 19.1 Å². The summed E-state index contributed by atoms with van der Waals surface area (Å²) in [4.78, 5) is 24.0. The fourth-order valence-corrected chi connectivity index (χ4v) is 3.40. The summed E-state index contributed by atoms with van der Waals surface area (Å²) >= 11 is 0. The first-order valence-electron chi connectivity index (χ1n) is 8.12. The Morgan fingerprint density at radius 2 is 2.04 bits per heavy atom. The molecular weight excluding hydrogens is 329 g/mol. The SMILES string of the molecule is CC1CC(CCNC(=O)N2C[C@@H](C(F)(F)F)[C@H](C(=O)O)C2)CCO1. The van der Waals surface area contributed by atoms with Gasteiger partial charge in [0.25, 0.3) is 0 Å². The number of aliphatic carboxylic acids is 1. The van der Waals surface area contributed by atoms with Gasteiger partial charge < -0.3 is 20.1 Å². The van der Waals surface area contributed by atoms with Gasteiger partial charge in [0.2, 0.25) is 0 Å². The van der Waals surface area contributed by atoms with Gasteiger partial charge in [0.1, 0.15) is 0 Å². The number of nitrogens with one attached hydrogen (secondary N) is 1. The summed E-state index contributed by atoms with van der Waals surface area (Å²) in [6, 6.07) is -0.631. The number of amides is 2. The molecule has 9 heteroatoms. The lowest BCUT2D eigenvalue weighted by atomic mass is 9.93. The fourth-order valence-electron chi connectivity index (χ4n) is 3.40. The number of rotatable bonds is 4. The fraction of sp³-hybridized carbons (Fsp3) is 0.867. The van der Waals surface area contributed by atoms with E-state index in [1.165, 1.54) is 0 Å². The van der Waals surface area contributed by atoms with Crippen molar-refractivity contribution in [2.45, 2.75) is 38.5 Å². The Hall–Kier alpha value is -1.51. The van der Waals surface area contributed by atoms with Crippen molar-refractivity contribution < 1.29 is 32.6 Å². The number of ether oxygens (including phenoxy) is 1. The third-order valence-corrected chi connectivity index (χ3v) is 4.77. The molecule has 0 aromatic heterocycles. The largest absolute Gasteiger partial charge is 0.481 e. The molecule has 0 bridgehead atoms. The van der Waals surface area contributed by atoms with Crippen LogP contribution in [-0.2, 0) is 9.53 Å². The number of halogens is 3. The zero-order valence-corrected chi connectivity index (χ0v) is 13.5. The molecule has 2 saturated heterocycles. The van der Waals surface area contributed by atoms with Crippen LogP contribution in [0, 0.1) is 17.8 Å². The van der Waals surface area contributed by atoms with Gasteiger partial charge in [0.05, 0.1) is 17.9 Å². The minimum Gasteiger partial charge on any atom is -0.481 e. The summed E-state index contributed by atoms with van der Waals surface area (Å²) < 4.78 is 44.2. The number of urea groups is 1. The summed E-state index contributed by atoms with van der Waals surface area (Å²) in [6.07, 6.45) is -1.91. The van der Waals surface area contributed by atoms with Gasteiger partial charge in [-0.3, -0.25) is 4.79 Å². The number of carbonyl (C=O) groups is 2. The van der Waals surface area contributed by atoms with E-state index in [0.717, 1.165) is 24.2 Å². The molecule has 2 rings (SSSR count). The van der Waals surface area contributed by atoms with Crippen molar-refractivity contribution in [1.82, 2.24) is 10.2 Å². The lowest BCUT2D eigenvalue weighted by Gasteiger charge is -2.27. The van der Waals surface area contributed by atoms with E-state index in [-0.39, 0.29) is 6.10 Å². The Morgan fingerprint density at radius 3 is 2.58 bits per heavy atom. The molecule has 2 amide bonds. The van der Waals surface area contributed by atoms with Crippen molar-refractivity contribution in [1.29, 1.82) is 0 Å². The molecule has 2 N–H and O–H groups in total. The molecule has 0 aromatic carbocycles. The van der Waals surface area contributed by atoms with Crippen molar-refractivity contribution in [3.05, 3.63) is 0 Å². The zero-order chi connectivity index (χ0) is 17.9. The Kier molecular flexibility index (Phi) is 5.95. The normalized spacial score (nSPS) is 31.1. The van der Waals surface area contributed by atoms with E-state index >= 15 is 0 Å². The smallest absolute Gasteiger partial charge is 0.394 e. The first kappa shape index (κ1) is 18.8. The number of alkyl halides is 3. The van der Waals surface area contributed by atoms with Crippen molar-refractivity contribution >= 4 is 12.0 Å². The number of carboxylic acid groups (broad SMARTS) is 1. The van der Waals surface area contributed by atoms with Gasteiger partial charge >= 0.3 is 18.2 Å². The molecule has 138 valence electrons. The van der Waals surface area contributed by atoms with Gasteiger partial charge in [-0.25, -0.2) is 4.79 Å². The molecule has 2 aliphatic rings. The van der Waals surface area contributed by atoms with Gasteiger partial charge in [-0.2, -0.15) is 13.2 Å². The van der Waals surface area contributed by atoms with Gasteiger partial charge in [-0.15, -0.1) is 0 Å². The van der Waals surface area contributed by atoms with E-state index in [1.807, 2.05) is 6.92 Å². The standard InChI is InChI=1S/C15H23F3N2O4/c1-9-6-10(3-5-24-9)2-4-19-14(23)20-7-11(13(21)22)12(8-20)15(16,17)18/h9-12H,2-8H2,1H3,(H,19,23)(H,21,22)/t9?,10?,11-,12-/m1/s1. The van der Waals surface area contributed by atoms with Crippen LogP contribution < -0.4 is 5.32 Å². The lowest BCUT2D eigenvalue weighted by molar-refractivity contribution is -0.187. The molecule has 24 heavy (non-hydrogen) atoms. The molecule has 0 aliphatic carbocycles. The van der Waals surface area contributed by atoms with E-state index < -0.39 is 43.1 Å². The average Bonchev–Trinajstić information content (AvgIpc) is 2.93. The van der Waals surface area contributed by atoms with Gasteiger partial charge in [0, 0.05) is 26.2 Å². The van der Waals surface area contributed by atoms with E-state index in [2.05, 4.69) is 5.32 Å². The van der Waals surface area contributed by atoms with Crippen LogP contribution in [0.5, 0.6) is 0 Å². The second-order valence-electron chi connectivity index (χ2n) is 6.59. The van der Waals surface area contributed by atoms with Crippen LogP contribution in [0.25, 0.3) is 0 Å². The maximum atomic E-state index is 12.9. The van der Waals surface area contributed by atoms with E-state index in [1.54, 1.807) is 0 Å². The molecule has 6 nitrogen and oxygen atoms in total. The van der Waals surface area contributed by atoms with Crippen LogP contribution >= 0.6 is 0 Å². The minimum atomic E-state index is -4.63. The van der Waals surface area contributed by atoms with Crippen LogP contribution in [0.4, 0.5) is 18.0 Å². The molecule has 4 atom stereocenters. The van der Waals surface area contributed by atoms with Crippen molar-refractivity contribution in [2.24, 2.45) is 17.8 Å². The van der Waals surface area contributed by atoms with Crippen molar-refractivity contribution in [3.63, 3.8) is 0 Å². The number of hydrogen-bond acceptors (Lipinski definition) is 3. The Labute approximate surface area is 138 Å². The summed E-state index contributed by atoms with van der Waals surface area (Å²) in [5, 5.41) is 11.6. The van der Waals surface area contributed by atoms with Crippen molar-refractivity contribution in [2.75, 3.05) is 26.2 Å². The molecule has 2 unspecified atom stereocenters. The van der Waals surface area contributed by atoms with Crippen LogP contribution in [0.3, 0.4) is 0 Å². The lowest BCUT2D eigenvalue weighted by Crippen LogP contribution is -2.40. The van der Waals surface area contributed by atoms with Crippen LogP contribution in [0.1, 0.15) is 26.2 Å². The van der Waals surface area contributed by atoms with Crippen molar-refractivity contribution in [3.8, 4) is 0 Å². The molecule has 0 aromatic rings. The monoisotopic (exact) mass is 352 g/mol. The summed E-state index contributed by atoms with van der Waals surface area (Å²) in [6.45, 7) is 2.00. The maximum Gasteiger partial charge on any atom is 0.394 e.